The molecule has 0 aliphatic heterocycles. The second-order valence-electron chi connectivity index (χ2n) is 7.10. The van der Waals surface area contributed by atoms with Crippen molar-refractivity contribution in [3.63, 3.8) is 0 Å². The van der Waals surface area contributed by atoms with Gasteiger partial charge in [-0.05, 0) is 47.5 Å². The third-order valence-electron chi connectivity index (χ3n) is 5.19. The second kappa shape index (κ2) is 7.82. The number of hydrogen-bond donors (Lipinski definition) is 0. The Hall–Kier alpha value is -3.75. The monoisotopic (exact) mass is 467 g/mol. The van der Waals surface area contributed by atoms with Gasteiger partial charge in [0.25, 0.3) is 0 Å². The van der Waals surface area contributed by atoms with Gasteiger partial charge in [-0.2, -0.15) is 5.26 Å². The first kappa shape index (κ1) is 19.2. The van der Waals surface area contributed by atoms with E-state index in [2.05, 4.69) is 22.0 Å². The lowest BCUT2D eigenvalue weighted by Gasteiger charge is -2.11. The molecule has 0 fully saturated rings. The molecule has 31 heavy (non-hydrogen) atoms. The van der Waals surface area contributed by atoms with Gasteiger partial charge in [-0.1, -0.05) is 70.5 Å². The molecule has 0 aliphatic rings. The van der Waals surface area contributed by atoms with Gasteiger partial charge in [-0.15, -0.1) is 0 Å². The summed E-state index contributed by atoms with van der Waals surface area (Å²) in [5, 5.41) is 9.99. The molecular weight excluding hydrogens is 453 g/mol. The van der Waals surface area contributed by atoms with Crippen LogP contribution >= 0.6 is 15.9 Å². The molecule has 148 valence electrons. The van der Waals surface area contributed by atoms with Crippen molar-refractivity contribution in [2.24, 2.45) is 0 Å². The van der Waals surface area contributed by atoms with Gasteiger partial charge in [-0.25, -0.2) is 9.37 Å². The number of nitriles is 1. The maximum atomic E-state index is 14.1. The zero-order chi connectivity index (χ0) is 21.4. The van der Waals surface area contributed by atoms with Crippen LogP contribution in [0.2, 0.25) is 0 Å². The predicted octanol–water partition coefficient (Wildman–Crippen LogP) is 7.10. The summed E-state index contributed by atoms with van der Waals surface area (Å²) in [6.07, 6.45) is 3.86. The van der Waals surface area contributed by atoms with Crippen LogP contribution in [0, 0.1) is 17.1 Å². The zero-order valence-electron chi connectivity index (χ0n) is 16.3. The number of hydrogen-bond acceptors (Lipinski definition) is 2. The van der Waals surface area contributed by atoms with Crippen molar-refractivity contribution < 1.29 is 4.39 Å². The van der Waals surface area contributed by atoms with E-state index in [1.807, 2.05) is 77.2 Å². The van der Waals surface area contributed by atoms with Crippen LogP contribution in [0.15, 0.2) is 83.3 Å². The maximum Gasteiger partial charge on any atom is 0.157 e. The molecule has 0 bridgehead atoms. The molecule has 0 N–H and O–H groups in total. The molecule has 2 heterocycles. The third kappa shape index (κ3) is 3.41. The van der Waals surface area contributed by atoms with Gasteiger partial charge in [0.15, 0.2) is 5.65 Å². The van der Waals surface area contributed by atoms with Crippen molar-refractivity contribution in [1.29, 1.82) is 5.26 Å². The number of nitrogens with zero attached hydrogens (tertiary/aromatic N) is 3. The number of para-hydroxylation sites is 2. The average Bonchev–Trinajstić information content (AvgIpc) is 3.17. The minimum atomic E-state index is -0.315. The first-order valence-corrected chi connectivity index (χ1v) is 10.5. The predicted molar refractivity (Wildman–Crippen MR) is 126 cm³/mol. The number of aromatic nitrogens is 2. The molecule has 0 atom stereocenters. The number of imidazole rings is 1. The zero-order valence-corrected chi connectivity index (χ0v) is 17.8. The van der Waals surface area contributed by atoms with Crippen LogP contribution in [-0.4, -0.2) is 9.38 Å². The summed E-state index contributed by atoms with van der Waals surface area (Å²) in [4.78, 5) is 4.73. The van der Waals surface area contributed by atoms with Gasteiger partial charge < -0.3 is 0 Å². The molecule has 0 aliphatic carbocycles. The molecule has 0 spiro atoms. The van der Waals surface area contributed by atoms with Crippen LogP contribution in [-0.2, 0) is 0 Å². The average molecular weight is 468 g/mol. The molecule has 5 aromatic rings. The van der Waals surface area contributed by atoms with Gasteiger partial charge in [-0.3, -0.25) is 4.40 Å². The maximum absolute atomic E-state index is 14.1. The molecular formula is C26H15BrFN3. The van der Waals surface area contributed by atoms with Gasteiger partial charge in [0.1, 0.15) is 17.4 Å². The Morgan fingerprint density at radius 3 is 2.48 bits per heavy atom. The molecule has 5 heteroatoms. The first-order chi connectivity index (χ1) is 15.2. The molecule has 2 aromatic heterocycles. The molecule has 0 amide bonds. The van der Waals surface area contributed by atoms with Crippen molar-refractivity contribution in [3.05, 3.63) is 106 Å². The third-order valence-corrected chi connectivity index (χ3v) is 5.91. The number of fused-ring (bicyclic) bond motifs is 3. The summed E-state index contributed by atoms with van der Waals surface area (Å²) in [6.45, 7) is 0. The highest BCUT2D eigenvalue weighted by molar-refractivity contribution is 9.10. The smallest absolute Gasteiger partial charge is 0.157 e. The molecule has 0 saturated heterocycles. The highest BCUT2D eigenvalue weighted by Crippen LogP contribution is 2.31. The number of halogens is 2. The lowest BCUT2D eigenvalue weighted by Crippen LogP contribution is -1.98. The van der Waals surface area contributed by atoms with Gasteiger partial charge >= 0.3 is 0 Å². The Balaban J connectivity index is 1.84. The lowest BCUT2D eigenvalue weighted by atomic mass is 10.0. The molecule has 0 unspecified atom stereocenters. The number of pyridine rings is 1. The molecule has 0 radical (unpaired) electrons. The normalized spacial score (nSPS) is 11.4. The van der Waals surface area contributed by atoms with Gasteiger partial charge in [0, 0.05) is 10.0 Å². The minimum absolute atomic E-state index is 0.315. The summed E-state index contributed by atoms with van der Waals surface area (Å²) < 4.78 is 16.9. The molecule has 0 saturated carbocycles. The fourth-order valence-corrected chi connectivity index (χ4v) is 4.16. The van der Waals surface area contributed by atoms with E-state index in [9.17, 15) is 9.65 Å². The van der Waals surface area contributed by atoms with E-state index >= 15 is 0 Å². The molecule has 3 nitrogen and oxygen atoms in total. The summed E-state index contributed by atoms with van der Waals surface area (Å²) >= 11 is 3.55. The number of rotatable bonds is 3. The van der Waals surface area contributed by atoms with Crippen molar-refractivity contribution in [3.8, 4) is 17.3 Å². The minimum Gasteiger partial charge on any atom is -0.291 e. The SMILES string of the molecule is N#Cc1c(/C=C/c2ccccc2Br)cc(-c2cccc(F)c2)n2c1nc1ccccc12. The Morgan fingerprint density at radius 1 is 0.903 bits per heavy atom. The van der Waals surface area contributed by atoms with Crippen molar-refractivity contribution in [1.82, 2.24) is 9.38 Å². The van der Waals surface area contributed by atoms with E-state index in [0.717, 1.165) is 32.3 Å². The second-order valence-corrected chi connectivity index (χ2v) is 7.95. The molecule has 3 aromatic carbocycles. The highest BCUT2D eigenvalue weighted by atomic mass is 79.9. The van der Waals surface area contributed by atoms with Crippen LogP contribution in [0.3, 0.4) is 0 Å². The van der Waals surface area contributed by atoms with Gasteiger partial charge in [0.05, 0.1) is 16.7 Å². The van der Waals surface area contributed by atoms with Crippen LogP contribution in [0.1, 0.15) is 16.7 Å². The van der Waals surface area contributed by atoms with E-state index in [-0.39, 0.29) is 5.82 Å². The van der Waals surface area contributed by atoms with E-state index in [4.69, 9.17) is 4.98 Å². The van der Waals surface area contributed by atoms with Crippen molar-refractivity contribution in [2.45, 2.75) is 0 Å². The van der Waals surface area contributed by atoms with Crippen LogP contribution in [0.25, 0.3) is 40.1 Å². The highest BCUT2D eigenvalue weighted by Gasteiger charge is 2.17. The summed E-state index contributed by atoms with van der Waals surface area (Å²) in [5.41, 5.74) is 5.88. The van der Waals surface area contributed by atoms with Crippen molar-refractivity contribution in [2.75, 3.05) is 0 Å². The Labute approximate surface area is 186 Å². The first-order valence-electron chi connectivity index (χ1n) is 9.68. The number of benzene rings is 3. The summed E-state index contributed by atoms with van der Waals surface area (Å²) in [7, 11) is 0. The quantitative estimate of drug-likeness (QED) is 0.284. The van der Waals surface area contributed by atoms with Crippen LogP contribution in [0.5, 0.6) is 0 Å². The van der Waals surface area contributed by atoms with E-state index in [1.54, 1.807) is 6.07 Å². The largest absolute Gasteiger partial charge is 0.291 e. The van der Waals surface area contributed by atoms with Crippen LogP contribution in [0.4, 0.5) is 4.39 Å². The van der Waals surface area contributed by atoms with Crippen molar-refractivity contribution >= 4 is 44.8 Å². The Bertz CT molecular complexity index is 1530. The van der Waals surface area contributed by atoms with Gasteiger partial charge in [0.2, 0.25) is 0 Å². The Kier molecular flexibility index (Phi) is 4.85. The van der Waals surface area contributed by atoms with E-state index in [1.165, 1.54) is 12.1 Å². The fourth-order valence-electron chi connectivity index (χ4n) is 3.75. The topological polar surface area (TPSA) is 41.1 Å². The summed E-state index contributed by atoms with van der Waals surface area (Å²) in [5.74, 6) is -0.315. The van der Waals surface area contributed by atoms with E-state index < -0.39 is 0 Å². The van der Waals surface area contributed by atoms with E-state index in [0.29, 0.717) is 16.8 Å². The van der Waals surface area contributed by atoms with Crippen LogP contribution < -0.4 is 0 Å². The fraction of sp³-hybridized carbons (Fsp3) is 0. The molecule has 5 rings (SSSR count). The lowest BCUT2D eigenvalue weighted by molar-refractivity contribution is 0.628. The summed E-state index contributed by atoms with van der Waals surface area (Å²) in [6, 6.07) is 26.3. The Morgan fingerprint density at radius 2 is 1.68 bits per heavy atom. The standard InChI is InChI=1S/C26H15BrFN3/c27-22-9-2-1-6-17(22)12-13-18-15-25(19-7-5-8-20(28)14-19)31-24-11-4-3-10-23(24)30-26(31)21(18)16-29/h1-15H/b13-12+.